The zero-order chi connectivity index (χ0) is 16.9. The van der Waals surface area contributed by atoms with Gasteiger partial charge in [0.25, 0.3) is 0 Å². The summed E-state index contributed by atoms with van der Waals surface area (Å²) in [7, 11) is 5.40. The van der Waals surface area contributed by atoms with Crippen LogP contribution in [0.15, 0.2) is 17.1 Å². The van der Waals surface area contributed by atoms with E-state index in [0.717, 1.165) is 34.9 Å². The number of nitrogens with one attached hydrogen (secondary N) is 2. The number of carbonyl (C=O) groups is 1. The molecule has 128 valence electrons. The second-order valence-corrected chi connectivity index (χ2v) is 7.97. The maximum Gasteiger partial charge on any atom is 0.230 e. The smallest absolute Gasteiger partial charge is 0.230 e. The van der Waals surface area contributed by atoms with E-state index in [0.29, 0.717) is 19.0 Å². The first-order chi connectivity index (χ1) is 11.0. The van der Waals surface area contributed by atoms with Gasteiger partial charge in [-0.25, -0.2) is 0 Å². The highest BCUT2D eigenvalue weighted by Gasteiger charge is 2.42. The fraction of sp³-hybridized carbons (Fsp3) is 0.625. The van der Waals surface area contributed by atoms with Gasteiger partial charge in [-0.15, -0.1) is 11.3 Å². The molecule has 23 heavy (non-hydrogen) atoms. The van der Waals surface area contributed by atoms with Crippen LogP contribution in [0.2, 0.25) is 4.34 Å². The standard InChI is InChI=1S/C16H25ClN4OS/c1-18-15(19-10-12-6-7-13(17)23-12)20-11-16(8-4-5-9-16)14(22)21(2)3/h6-7H,4-5,8-11H2,1-3H3,(H2,18,19,20). The second kappa shape index (κ2) is 8.02. The van der Waals surface area contributed by atoms with Gasteiger partial charge >= 0.3 is 0 Å². The van der Waals surface area contributed by atoms with Gasteiger partial charge < -0.3 is 15.5 Å². The summed E-state index contributed by atoms with van der Waals surface area (Å²) in [5.74, 6) is 0.926. The van der Waals surface area contributed by atoms with E-state index in [2.05, 4.69) is 15.6 Å². The lowest BCUT2D eigenvalue weighted by Crippen LogP contribution is -2.49. The van der Waals surface area contributed by atoms with Gasteiger partial charge in [-0.05, 0) is 25.0 Å². The number of guanidine groups is 1. The molecule has 0 bridgehead atoms. The third-order valence-corrected chi connectivity index (χ3v) is 5.53. The molecule has 1 amide bonds. The van der Waals surface area contributed by atoms with E-state index in [-0.39, 0.29) is 11.3 Å². The van der Waals surface area contributed by atoms with Crippen molar-refractivity contribution in [3.8, 4) is 0 Å². The van der Waals surface area contributed by atoms with Crippen LogP contribution in [-0.4, -0.2) is 44.5 Å². The lowest BCUT2D eigenvalue weighted by atomic mass is 9.84. The normalized spacial score (nSPS) is 17.1. The van der Waals surface area contributed by atoms with Crippen LogP contribution in [0.1, 0.15) is 30.6 Å². The summed E-state index contributed by atoms with van der Waals surface area (Å²) in [5, 5.41) is 6.60. The van der Waals surface area contributed by atoms with Crippen molar-refractivity contribution < 1.29 is 4.79 Å². The predicted octanol–water partition coefficient (Wildman–Crippen LogP) is 2.72. The lowest BCUT2D eigenvalue weighted by Gasteiger charge is -2.31. The van der Waals surface area contributed by atoms with Crippen LogP contribution in [0.5, 0.6) is 0 Å². The van der Waals surface area contributed by atoms with Gasteiger partial charge in [0.2, 0.25) is 5.91 Å². The molecule has 2 N–H and O–H groups in total. The molecule has 1 heterocycles. The molecule has 0 aromatic carbocycles. The molecule has 0 unspecified atom stereocenters. The van der Waals surface area contributed by atoms with Crippen LogP contribution in [0.4, 0.5) is 0 Å². The maximum atomic E-state index is 12.6. The molecule has 1 aliphatic rings. The van der Waals surface area contributed by atoms with Crippen LogP contribution in [0.25, 0.3) is 0 Å². The fourth-order valence-corrected chi connectivity index (χ4v) is 4.11. The summed E-state index contributed by atoms with van der Waals surface area (Å²) in [4.78, 5) is 19.7. The van der Waals surface area contributed by atoms with E-state index >= 15 is 0 Å². The second-order valence-electron chi connectivity index (χ2n) is 6.17. The number of hydrogen-bond acceptors (Lipinski definition) is 3. The van der Waals surface area contributed by atoms with Gasteiger partial charge in [-0.3, -0.25) is 9.79 Å². The molecular weight excluding hydrogens is 332 g/mol. The molecule has 0 atom stereocenters. The van der Waals surface area contributed by atoms with Crippen molar-refractivity contribution in [1.82, 2.24) is 15.5 Å². The summed E-state index contributed by atoms with van der Waals surface area (Å²) in [6.45, 7) is 1.29. The molecule has 0 aliphatic heterocycles. The summed E-state index contributed by atoms with van der Waals surface area (Å²) >= 11 is 7.49. The highest BCUT2D eigenvalue weighted by atomic mass is 35.5. The number of amides is 1. The van der Waals surface area contributed by atoms with Crippen molar-refractivity contribution in [2.24, 2.45) is 10.4 Å². The number of rotatable bonds is 5. The van der Waals surface area contributed by atoms with Crippen molar-refractivity contribution >= 4 is 34.8 Å². The number of hydrogen-bond donors (Lipinski definition) is 2. The first-order valence-electron chi connectivity index (χ1n) is 7.87. The van der Waals surface area contributed by atoms with Crippen LogP contribution in [-0.2, 0) is 11.3 Å². The van der Waals surface area contributed by atoms with E-state index in [1.165, 1.54) is 0 Å². The number of thiophene rings is 1. The first-order valence-corrected chi connectivity index (χ1v) is 9.07. The number of aliphatic imine (C=N–C) groups is 1. The maximum absolute atomic E-state index is 12.6. The van der Waals surface area contributed by atoms with Gasteiger partial charge in [-0.2, -0.15) is 0 Å². The number of halogens is 1. The Morgan fingerprint density at radius 3 is 2.57 bits per heavy atom. The average Bonchev–Trinajstić information content (AvgIpc) is 3.16. The van der Waals surface area contributed by atoms with Gasteiger partial charge in [0.15, 0.2) is 5.96 Å². The fourth-order valence-electron chi connectivity index (χ4n) is 3.08. The van der Waals surface area contributed by atoms with Gasteiger partial charge in [0.05, 0.1) is 16.3 Å². The third-order valence-electron chi connectivity index (χ3n) is 4.30. The molecule has 1 aromatic heterocycles. The first kappa shape index (κ1) is 18.1. The number of carbonyl (C=O) groups excluding carboxylic acids is 1. The van der Waals surface area contributed by atoms with Crippen molar-refractivity contribution in [2.45, 2.75) is 32.2 Å². The Hall–Kier alpha value is -1.27. The Morgan fingerprint density at radius 2 is 2.04 bits per heavy atom. The molecule has 0 radical (unpaired) electrons. The number of nitrogens with zero attached hydrogens (tertiary/aromatic N) is 2. The summed E-state index contributed by atoms with van der Waals surface area (Å²) in [6, 6.07) is 3.89. The highest BCUT2D eigenvalue weighted by molar-refractivity contribution is 7.16. The van der Waals surface area contributed by atoms with E-state index in [1.54, 1.807) is 23.3 Å². The predicted molar refractivity (Wildman–Crippen MR) is 97.1 cm³/mol. The molecular formula is C16H25ClN4OS. The summed E-state index contributed by atoms with van der Waals surface area (Å²) in [5.41, 5.74) is -0.298. The van der Waals surface area contributed by atoms with E-state index in [4.69, 9.17) is 11.6 Å². The molecule has 1 fully saturated rings. The van der Waals surface area contributed by atoms with Gasteiger partial charge in [0, 0.05) is 32.6 Å². The molecule has 0 spiro atoms. The minimum absolute atomic E-state index is 0.211. The summed E-state index contributed by atoms with van der Waals surface area (Å²) < 4.78 is 0.784. The zero-order valence-corrected chi connectivity index (χ0v) is 15.6. The van der Waals surface area contributed by atoms with Gasteiger partial charge in [-0.1, -0.05) is 24.4 Å². The van der Waals surface area contributed by atoms with E-state index < -0.39 is 0 Å². The van der Waals surface area contributed by atoms with E-state index in [1.807, 2.05) is 26.2 Å². The Bertz CT molecular complexity index is 564. The Kier molecular flexibility index (Phi) is 6.30. The molecule has 0 saturated heterocycles. The minimum atomic E-state index is -0.298. The Morgan fingerprint density at radius 1 is 1.35 bits per heavy atom. The van der Waals surface area contributed by atoms with E-state index in [9.17, 15) is 4.79 Å². The van der Waals surface area contributed by atoms with Crippen LogP contribution in [0, 0.1) is 5.41 Å². The van der Waals surface area contributed by atoms with Crippen molar-refractivity contribution in [3.63, 3.8) is 0 Å². The molecule has 5 nitrogen and oxygen atoms in total. The monoisotopic (exact) mass is 356 g/mol. The van der Waals surface area contributed by atoms with Crippen LogP contribution < -0.4 is 10.6 Å². The van der Waals surface area contributed by atoms with Crippen molar-refractivity contribution in [3.05, 3.63) is 21.3 Å². The molecule has 1 aliphatic carbocycles. The molecule has 1 aromatic rings. The van der Waals surface area contributed by atoms with Crippen molar-refractivity contribution in [2.75, 3.05) is 27.7 Å². The van der Waals surface area contributed by atoms with Crippen molar-refractivity contribution in [1.29, 1.82) is 0 Å². The molecule has 1 saturated carbocycles. The average molecular weight is 357 g/mol. The molecule has 7 heteroatoms. The quantitative estimate of drug-likeness (QED) is 0.630. The minimum Gasteiger partial charge on any atom is -0.355 e. The van der Waals surface area contributed by atoms with Gasteiger partial charge in [0.1, 0.15) is 0 Å². The third kappa shape index (κ3) is 4.61. The summed E-state index contributed by atoms with van der Waals surface area (Å²) in [6.07, 6.45) is 4.10. The Labute approximate surface area is 147 Å². The topological polar surface area (TPSA) is 56.7 Å². The zero-order valence-electron chi connectivity index (χ0n) is 14.0. The Balaban J connectivity index is 1.92. The van der Waals surface area contributed by atoms with Crippen LogP contribution >= 0.6 is 22.9 Å². The highest BCUT2D eigenvalue weighted by Crippen LogP contribution is 2.38. The largest absolute Gasteiger partial charge is 0.355 e. The molecule has 2 rings (SSSR count). The SMILES string of the molecule is CN=C(NCc1ccc(Cl)s1)NCC1(C(=O)N(C)C)CCCC1. The van der Waals surface area contributed by atoms with Crippen LogP contribution in [0.3, 0.4) is 0 Å². The lowest BCUT2D eigenvalue weighted by molar-refractivity contribution is -0.138.